The molecule has 0 bridgehead atoms. The second kappa shape index (κ2) is 5.84. The Bertz CT molecular complexity index is 383. The number of pyridine rings is 1. The quantitative estimate of drug-likeness (QED) is 0.833. The van der Waals surface area contributed by atoms with Crippen LogP contribution in [0.1, 0.15) is 17.4 Å². The summed E-state index contributed by atoms with van der Waals surface area (Å²) in [4.78, 5) is 15.3. The highest BCUT2D eigenvalue weighted by atomic mass is 35.5. The van der Waals surface area contributed by atoms with Gasteiger partial charge < -0.3 is 15.4 Å². The molecule has 1 fully saturated rings. The number of hydrogen-bond acceptors (Lipinski definition) is 4. The highest BCUT2D eigenvalue weighted by Crippen LogP contribution is 2.15. The van der Waals surface area contributed by atoms with Crippen molar-refractivity contribution in [1.29, 1.82) is 0 Å². The van der Waals surface area contributed by atoms with Crippen LogP contribution in [0.3, 0.4) is 0 Å². The van der Waals surface area contributed by atoms with Gasteiger partial charge in [-0.15, -0.1) is 12.4 Å². The third-order valence-corrected chi connectivity index (χ3v) is 2.68. The molecule has 1 aromatic heterocycles. The number of hydrogen-bond donors (Lipinski definition) is 2. The number of carbonyl (C=O) groups is 1. The summed E-state index contributed by atoms with van der Waals surface area (Å²) < 4.78 is 5.67. The summed E-state index contributed by atoms with van der Waals surface area (Å²) in [5.74, 6) is 0.510. The first kappa shape index (κ1) is 13.7. The fraction of sp³-hybridized carbons (Fsp3) is 0.455. The minimum Gasteiger partial charge on any atom is -0.486 e. The summed E-state index contributed by atoms with van der Waals surface area (Å²) in [7, 11) is 1.58. The molecule has 1 saturated heterocycles. The predicted octanol–water partition coefficient (Wildman–Crippen LogP) is 0.602. The Balaban J connectivity index is 0.00000144. The van der Waals surface area contributed by atoms with Gasteiger partial charge in [0.05, 0.1) is 6.20 Å². The van der Waals surface area contributed by atoms with E-state index in [1.165, 1.54) is 0 Å². The van der Waals surface area contributed by atoms with Crippen molar-refractivity contribution >= 4 is 18.3 Å². The normalized spacial score (nSPS) is 22.0. The Kier molecular flexibility index (Phi) is 4.72. The number of aromatic nitrogens is 1. The van der Waals surface area contributed by atoms with Crippen molar-refractivity contribution in [3.63, 3.8) is 0 Å². The minimum atomic E-state index is -0.190. The Labute approximate surface area is 106 Å². The molecule has 0 spiro atoms. The fourth-order valence-corrected chi connectivity index (χ4v) is 1.48. The maximum Gasteiger partial charge on any atom is 0.269 e. The molecule has 1 aliphatic rings. The number of carbonyl (C=O) groups excluding carboxylic acids is 1. The minimum absolute atomic E-state index is 0. The molecule has 6 heteroatoms. The summed E-state index contributed by atoms with van der Waals surface area (Å²) in [6, 6.07) is 3.80. The second-order valence-electron chi connectivity index (χ2n) is 3.81. The second-order valence-corrected chi connectivity index (χ2v) is 3.81. The molecule has 5 nitrogen and oxygen atoms in total. The van der Waals surface area contributed by atoms with E-state index in [4.69, 9.17) is 4.74 Å². The van der Waals surface area contributed by atoms with E-state index in [1.807, 2.05) is 0 Å². The van der Waals surface area contributed by atoms with Crippen molar-refractivity contribution in [2.75, 3.05) is 13.6 Å². The van der Waals surface area contributed by atoms with Gasteiger partial charge in [0.2, 0.25) is 0 Å². The van der Waals surface area contributed by atoms with Gasteiger partial charge in [0, 0.05) is 19.6 Å². The molecule has 94 valence electrons. The Morgan fingerprint density at radius 2 is 2.35 bits per heavy atom. The molecule has 17 heavy (non-hydrogen) atoms. The van der Waals surface area contributed by atoms with Crippen molar-refractivity contribution in [3.05, 3.63) is 24.0 Å². The summed E-state index contributed by atoms with van der Waals surface area (Å²) in [5, 5.41) is 5.73. The Morgan fingerprint density at radius 3 is 2.76 bits per heavy atom. The first-order valence-corrected chi connectivity index (χ1v) is 5.29. The highest BCUT2D eigenvalue weighted by molar-refractivity contribution is 5.91. The third kappa shape index (κ3) is 3.08. The maximum atomic E-state index is 11.2. The van der Waals surface area contributed by atoms with Gasteiger partial charge in [0.25, 0.3) is 5.91 Å². The maximum absolute atomic E-state index is 11.2. The number of ether oxygens (including phenoxy) is 1. The number of nitrogens with one attached hydrogen (secondary N) is 2. The molecule has 0 saturated carbocycles. The lowest BCUT2D eigenvalue weighted by Crippen LogP contribution is -2.58. The molecule has 0 radical (unpaired) electrons. The summed E-state index contributed by atoms with van der Waals surface area (Å²) >= 11 is 0. The van der Waals surface area contributed by atoms with Gasteiger partial charge in [-0.1, -0.05) is 0 Å². The van der Waals surface area contributed by atoms with Crippen LogP contribution in [0.5, 0.6) is 5.75 Å². The van der Waals surface area contributed by atoms with Crippen LogP contribution in [0.2, 0.25) is 0 Å². The van der Waals surface area contributed by atoms with E-state index in [9.17, 15) is 4.79 Å². The lowest BCUT2D eigenvalue weighted by Gasteiger charge is -2.35. The van der Waals surface area contributed by atoms with Crippen LogP contribution in [-0.4, -0.2) is 36.6 Å². The summed E-state index contributed by atoms with van der Waals surface area (Å²) in [5.41, 5.74) is 0.398. The molecule has 0 aliphatic carbocycles. The van der Waals surface area contributed by atoms with Gasteiger partial charge in [-0.25, -0.2) is 4.98 Å². The summed E-state index contributed by atoms with van der Waals surface area (Å²) in [6.45, 7) is 2.93. The number of halogens is 1. The van der Waals surface area contributed by atoms with Crippen LogP contribution in [0.4, 0.5) is 0 Å². The molecule has 0 unspecified atom stereocenters. The zero-order valence-electron chi connectivity index (χ0n) is 9.77. The molecular formula is C11H16ClN3O2. The zero-order valence-corrected chi connectivity index (χ0v) is 10.6. The van der Waals surface area contributed by atoms with Crippen LogP contribution >= 0.6 is 12.4 Å². The van der Waals surface area contributed by atoms with Crippen LogP contribution in [0.25, 0.3) is 0 Å². The van der Waals surface area contributed by atoms with E-state index < -0.39 is 0 Å². The molecule has 2 heterocycles. The largest absolute Gasteiger partial charge is 0.486 e. The van der Waals surface area contributed by atoms with Crippen LogP contribution in [0.15, 0.2) is 18.3 Å². The topological polar surface area (TPSA) is 63.2 Å². The van der Waals surface area contributed by atoms with Crippen molar-refractivity contribution in [2.45, 2.75) is 19.1 Å². The van der Waals surface area contributed by atoms with Crippen molar-refractivity contribution < 1.29 is 9.53 Å². The lowest BCUT2D eigenvalue weighted by molar-refractivity contribution is 0.0928. The SMILES string of the molecule is CNC(=O)c1ccc(O[C@@H]2CN[C@H]2C)cn1.Cl. The number of nitrogens with zero attached hydrogens (tertiary/aromatic N) is 1. The summed E-state index contributed by atoms with van der Waals surface area (Å²) in [6.07, 6.45) is 1.78. The average Bonchev–Trinajstić information content (AvgIpc) is 2.34. The molecule has 1 amide bonds. The van der Waals surface area contributed by atoms with E-state index in [-0.39, 0.29) is 24.4 Å². The average molecular weight is 258 g/mol. The lowest BCUT2D eigenvalue weighted by atomic mass is 10.1. The first-order valence-electron chi connectivity index (χ1n) is 5.29. The van der Waals surface area contributed by atoms with Crippen LogP contribution in [0, 0.1) is 0 Å². The highest BCUT2D eigenvalue weighted by Gasteiger charge is 2.27. The van der Waals surface area contributed by atoms with E-state index in [2.05, 4.69) is 22.5 Å². The van der Waals surface area contributed by atoms with Gasteiger partial charge in [-0.3, -0.25) is 4.79 Å². The van der Waals surface area contributed by atoms with E-state index in [0.29, 0.717) is 17.5 Å². The monoisotopic (exact) mass is 257 g/mol. The predicted molar refractivity (Wildman–Crippen MR) is 66.8 cm³/mol. The fourth-order valence-electron chi connectivity index (χ4n) is 1.48. The third-order valence-electron chi connectivity index (χ3n) is 2.68. The van der Waals surface area contributed by atoms with Gasteiger partial charge in [-0.2, -0.15) is 0 Å². The molecule has 1 aromatic rings. The van der Waals surface area contributed by atoms with E-state index in [1.54, 1.807) is 25.4 Å². The van der Waals surface area contributed by atoms with Crippen LogP contribution < -0.4 is 15.4 Å². The molecule has 2 N–H and O–H groups in total. The zero-order chi connectivity index (χ0) is 11.5. The molecule has 2 atom stereocenters. The number of rotatable bonds is 3. The van der Waals surface area contributed by atoms with E-state index in [0.717, 1.165) is 6.54 Å². The van der Waals surface area contributed by atoms with Gasteiger partial charge in [0.1, 0.15) is 17.5 Å². The smallest absolute Gasteiger partial charge is 0.269 e. The Hall–Kier alpha value is -1.33. The first-order chi connectivity index (χ1) is 7.70. The molecular weight excluding hydrogens is 242 g/mol. The Morgan fingerprint density at radius 1 is 1.59 bits per heavy atom. The van der Waals surface area contributed by atoms with E-state index >= 15 is 0 Å². The number of amides is 1. The van der Waals surface area contributed by atoms with Gasteiger partial charge >= 0.3 is 0 Å². The van der Waals surface area contributed by atoms with Crippen molar-refractivity contribution in [2.24, 2.45) is 0 Å². The molecule has 1 aliphatic heterocycles. The molecule has 0 aromatic carbocycles. The molecule has 2 rings (SSSR count). The van der Waals surface area contributed by atoms with Crippen LogP contribution in [-0.2, 0) is 0 Å². The standard InChI is InChI=1S/C11H15N3O2.ClH/c1-7-10(6-13-7)16-8-3-4-9(14-5-8)11(15)12-2;/h3-5,7,10,13H,6H2,1-2H3,(H,12,15);1H/t7-,10+;/m0./s1. The van der Waals surface area contributed by atoms with Gasteiger partial charge in [-0.05, 0) is 19.1 Å². The van der Waals surface area contributed by atoms with Crippen molar-refractivity contribution in [3.8, 4) is 5.75 Å². The van der Waals surface area contributed by atoms with Gasteiger partial charge in [0.15, 0.2) is 0 Å². The van der Waals surface area contributed by atoms with Crippen molar-refractivity contribution in [1.82, 2.24) is 15.6 Å².